The van der Waals surface area contributed by atoms with Crippen molar-refractivity contribution >= 4 is 27.7 Å². The maximum absolute atomic E-state index is 10.1. The van der Waals surface area contributed by atoms with Crippen LogP contribution in [0.25, 0.3) is 0 Å². The zero-order valence-electron chi connectivity index (χ0n) is 10.4. The highest BCUT2D eigenvalue weighted by Gasteiger charge is 2.14. The number of aliphatic hydroxyl groups is 1. The first-order valence-electron chi connectivity index (χ1n) is 6.51. The number of hydrogen-bond donors (Lipinski definition) is 2. The number of hydrogen-bond acceptors (Lipinski definition) is 3. The Hall–Kier alpha value is -0.0300. The largest absolute Gasteiger partial charge is 0.387 e. The third-order valence-electron chi connectivity index (χ3n) is 3.22. The molecule has 2 unspecified atom stereocenters. The van der Waals surface area contributed by atoms with Crippen molar-refractivity contribution in [1.29, 1.82) is 0 Å². The van der Waals surface area contributed by atoms with Gasteiger partial charge in [-0.3, -0.25) is 0 Å². The fraction of sp³-hybridized carbons (Fsp3) is 0.571. The van der Waals surface area contributed by atoms with Crippen LogP contribution in [-0.4, -0.2) is 29.2 Å². The summed E-state index contributed by atoms with van der Waals surface area (Å²) in [6.07, 6.45) is 3.61. The van der Waals surface area contributed by atoms with Gasteiger partial charge in [-0.2, -0.15) is 11.8 Å². The van der Waals surface area contributed by atoms with Crippen LogP contribution >= 0.6 is 27.7 Å². The maximum Gasteiger partial charge on any atom is 0.0914 e. The van der Waals surface area contributed by atoms with Crippen molar-refractivity contribution in [3.8, 4) is 0 Å². The average molecular weight is 330 g/mol. The maximum atomic E-state index is 10.1. The topological polar surface area (TPSA) is 32.3 Å². The van der Waals surface area contributed by atoms with Gasteiger partial charge in [-0.05, 0) is 36.3 Å². The lowest BCUT2D eigenvalue weighted by Crippen LogP contribution is -2.30. The van der Waals surface area contributed by atoms with E-state index in [0.717, 1.165) is 21.8 Å². The van der Waals surface area contributed by atoms with Gasteiger partial charge in [-0.25, -0.2) is 0 Å². The second-order valence-corrected chi connectivity index (χ2v) is 7.04. The Labute approximate surface area is 122 Å². The normalized spacial score (nSPS) is 21.8. The molecular formula is C14H20BrNOS. The van der Waals surface area contributed by atoms with E-state index < -0.39 is 6.10 Å². The number of nitrogens with one attached hydrogen (secondary N) is 1. The highest BCUT2D eigenvalue weighted by Crippen LogP contribution is 2.24. The molecule has 0 saturated carbocycles. The second-order valence-electron chi connectivity index (χ2n) is 4.72. The summed E-state index contributed by atoms with van der Waals surface area (Å²) in [6.45, 7) is 1.64. The van der Waals surface area contributed by atoms with Gasteiger partial charge in [-0.1, -0.05) is 34.5 Å². The molecule has 0 radical (unpaired) electrons. The molecule has 1 heterocycles. The van der Waals surface area contributed by atoms with Crippen LogP contribution in [0.15, 0.2) is 28.7 Å². The zero-order chi connectivity index (χ0) is 12.8. The fourth-order valence-corrected chi connectivity index (χ4v) is 3.87. The number of aliphatic hydroxyl groups excluding tert-OH is 1. The van der Waals surface area contributed by atoms with Gasteiger partial charge in [0.1, 0.15) is 0 Å². The minimum Gasteiger partial charge on any atom is -0.387 e. The van der Waals surface area contributed by atoms with Crippen molar-refractivity contribution in [2.45, 2.75) is 30.6 Å². The molecule has 2 nitrogen and oxygen atoms in total. The minimum atomic E-state index is -0.420. The predicted octanol–water partition coefficient (Wildman–Crippen LogP) is 3.36. The first-order valence-corrected chi connectivity index (χ1v) is 8.36. The van der Waals surface area contributed by atoms with Gasteiger partial charge < -0.3 is 10.4 Å². The zero-order valence-corrected chi connectivity index (χ0v) is 12.8. The van der Waals surface area contributed by atoms with Crippen LogP contribution in [0.3, 0.4) is 0 Å². The van der Waals surface area contributed by atoms with Crippen molar-refractivity contribution in [3.63, 3.8) is 0 Å². The molecule has 2 rings (SSSR count). The van der Waals surface area contributed by atoms with Crippen LogP contribution in [-0.2, 0) is 0 Å². The average Bonchev–Trinajstić information content (AvgIpc) is 2.40. The van der Waals surface area contributed by atoms with E-state index in [2.05, 4.69) is 33.0 Å². The molecular weight excluding hydrogens is 310 g/mol. The van der Waals surface area contributed by atoms with Crippen LogP contribution in [0.4, 0.5) is 0 Å². The molecule has 1 aliphatic heterocycles. The minimum absolute atomic E-state index is 0.420. The van der Waals surface area contributed by atoms with Crippen molar-refractivity contribution in [2.75, 3.05) is 18.8 Å². The molecule has 1 aromatic carbocycles. The van der Waals surface area contributed by atoms with Crippen molar-refractivity contribution in [1.82, 2.24) is 5.32 Å². The summed E-state index contributed by atoms with van der Waals surface area (Å²) in [6, 6.07) is 7.87. The molecule has 1 saturated heterocycles. The van der Waals surface area contributed by atoms with Crippen molar-refractivity contribution < 1.29 is 5.11 Å². The first-order chi connectivity index (χ1) is 8.75. The second kappa shape index (κ2) is 7.53. The summed E-state index contributed by atoms with van der Waals surface area (Å²) < 4.78 is 1.02. The van der Waals surface area contributed by atoms with Gasteiger partial charge in [0.15, 0.2) is 0 Å². The van der Waals surface area contributed by atoms with Gasteiger partial charge in [0.05, 0.1) is 6.10 Å². The summed E-state index contributed by atoms with van der Waals surface area (Å²) in [4.78, 5) is 0. The third kappa shape index (κ3) is 4.57. The molecule has 0 aromatic heterocycles. The van der Waals surface area contributed by atoms with E-state index in [9.17, 15) is 5.11 Å². The Morgan fingerprint density at radius 3 is 3.06 bits per heavy atom. The molecule has 100 valence electrons. The number of thioether (sulfide) groups is 1. The van der Waals surface area contributed by atoms with Gasteiger partial charge in [0, 0.05) is 22.8 Å². The lowest BCUT2D eigenvalue weighted by Gasteiger charge is -2.22. The molecule has 0 amide bonds. The Balaban J connectivity index is 1.72. The van der Waals surface area contributed by atoms with Gasteiger partial charge in [0.25, 0.3) is 0 Å². The van der Waals surface area contributed by atoms with E-state index in [1.54, 1.807) is 0 Å². The van der Waals surface area contributed by atoms with Gasteiger partial charge in [0.2, 0.25) is 0 Å². The molecule has 0 spiro atoms. The Kier molecular flexibility index (Phi) is 6.02. The Morgan fingerprint density at radius 1 is 1.44 bits per heavy atom. The summed E-state index contributed by atoms with van der Waals surface area (Å²) >= 11 is 5.49. The fourth-order valence-electron chi connectivity index (χ4n) is 2.18. The highest BCUT2D eigenvalue weighted by molar-refractivity contribution is 9.10. The predicted molar refractivity (Wildman–Crippen MR) is 82.1 cm³/mol. The molecule has 1 fully saturated rings. The summed E-state index contributed by atoms with van der Waals surface area (Å²) in [5.74, 6) is 1.29. The molecule has 2 N–H and O–H groups in total. The number of benzene rings is 1. The SMILES string of the molecule is OC(CNCC1CCCCS1)c1cccc(Br)c1. The van der Waals surface area contributed by atoms with Gasteiger partial charge >= 0.3 is 0 Å². The standard InChI is InChI=1S/C14H20BrNOS/c15-12-5-3-4-11(8-12)14(17)10-16-9-13-6-1-2-7-18-13/h3-5,8,13-14,16-17H,1-2,6-7,9-10H2. The lowest BCUT2D eigenvalue weighted by atomic mass is 10.1. The Morgan fingerprint density at radius 2 is 2.33 bits per heavy atom. The van der Waals surface area contributed by atoms with Crippen LogP contribution in [0.1, 0.15) is 30.9 Å². The van der Waals surface area contributed by atoms with E-state index in [1.807, 2.05) is 24.3 Å². The lowest BCUT2D eigenvalue weighted by molar-refractivity contribution is 0.175. The van der Waals surface area contributed by atoms with Crippen LogP contribution < -0.4 is 5.32 Å². The van der Waals surface area contributed by atoms with Crippen LogP contribution in [0.5, 0.6) is 0 Å². The van der Waals surface area contributed by atoms with Gasteiger partial charge in [-0.15, -0.1) is 0 Å². The van der Waals surface area contributed by atoms with E-state index in [0.29, 0.717) is 6.54 Å². The number of halogens is 1. The highest BCUT2D eigenvalue weighted by atomic mass is 79.9. The van der Waals surface area contributed by atoms with E-state index >= 15 is 0 Å². The quantitative estimate of drug-likeness (QED) is 0.868. The van der Waals surface area contributed by atoms with Crippen LogP contribution in [0, 0.1) is 0 Å². The summed E-state index contributed by atoms with van der Waals surface area (Å²) in [7, 11) is 0. The third-order valence-corrected chi connectivity index (χ3v) is 5.11. The molecule has 0 bridgehead atoms. The van der Waals surface area contributed by atoms with Crippen LogP contribution in [0.2, 0.25) is 0 Å². The van der Waals surface area contributed by atoms with E-state index in [-0.39, 0.29) is 0 Å². The van der Waals surface area contributed by atoms with E-state index in [1.165, 1.54) is 25.0 Å². The van der Waals surface area contributed by atoms with Crippen molar-refractivity contribution in [2.24, 2.45) is 0 Å². The van der Waals surface area contributed by atoms with Crippen molar-refractivity contribution in [3.05, 3.63) is 34.3 Å². The van der Waals surface area contributed by atoms with E-state index in [4.69, 9.17) is 0 Å². The smallest absolute Gasteiger partial charge is 0.0914 e. The molecule has 0 aliphatic carbocycles. The first kappa shape index (κ1) is 14.4. The Bertz CT molecular complexity index is 369. The summed E-state index contributed by atoms with van der Waals surface area (Å²) in [5.41, 5.74) is 0.966. The molecule has 4 heteroatoms. The molecule has 2 atom stereocenters. The molecule has 1 aromatic rings. The molecule has 1 aliphatic rings. The monoisotopic (exact) mass is 329 g/mol. The summed E-state index contributed by atoms with van der Waals surface area (Å²) in [5, 5.41) is 14.2. The number of rotatable bonds is 5. The molecule has 18 heavy (non-hydrogen) atoms.